The Morgan fingerprint density at radius 2 is 1.91 bits per heavy atom. The van der Waals surface area contributed by atoms with Gasteiger partial charge in [0.25, 0.3) is 0 Å². The summed E-state index contributed by atoms with van der Waals surface area (Å²) in [5.74, 6) is -3.00. The molecule has 0 spiro atoms. The molecule has 9 nitrogen and oxygen atoms in total. The third kappa shape index (κ3) is 5.83. The van der Waals surface area contributed by atoms with Gasteiger partial charge in [-0.05, 0) is 23.8 Å². The molecule has 1 heterocycles. The lowest BCUT2D eigenvalue weighted by Gasteiger charge is -2.28. The van der Waals surface area contributed by atoms with Crippen LogP contribution in [0.1, 0.15) is 5.56 Å². The van der Waals surface area contributed by atoms with Crippen LogP contribution in [-0.2, 0) is 20.8 Å². The SMILES string of the molecule is O=C(CN(C(=O)CCl)[C@@H](Cc1ccccc1)C(=O)O)Nc1cc(Cl)ccc1-n1ccnn1. The van der Waals surface area contributed by atoms with E-state index in [0.29, 0.717) is 22.0 Å². The van der Waals surface area contributed by atoms with Gasteiger partial charge in [-0.1, -0.05) is 47.1 Å². The van der Waals surface area contributed by atoms with Crippen LogP contribution in [-0.4, -0.2) is 61.3 Å². The molecule has 0 unspecified atom stereocenters. The number of benzene rings is 2. The summed E-state index contributed by atoms with van der Waals surface area (Å²) in [6, 6.07) is 12.3. The maximum atomic E-state index is 12.8. The Morgan fingerprint density at radius 3 is 2.53 bits per heavy atom. The van der Waals surface area contributed by atoms with Gasteiger partial charge in [0.15, 0.2) is 0 Å². The monoisotopic (exact) mass is 475 g/mol. The predicted octanol–water partition coefficient (Wildman–Crippen LogP) is 2.62. The Balaban J connectivity index is 1.83. The van der Waals surface area contributed by atoms with Crippen LogP contribution < -0.4 is 5.32 Å². The van der Waals surface area contributed by atoms with E-state index in [1.54, 1.807) is 48.7 Å². The van der Waals surface area contributed by atoms with Gasteiger partial charge in [-0.3, -0.25) is 9.59 Å². The molecule has 0 radical (unpaired) electrons. The Morgan fingerprint density at radius 1 is 1.16 bits per heavy atom. The lowest BCUT2D eigenvalue weighted by atomic mass is 10.0. The summed E-state index contributed by atoms with van der Waals surface area (Å²) in [5.41, 5.74) is 1.52. The number of hydrogen-bond acceptors (Lipinski definition) is 5. The first-order chi connectivity index (χ1) is 15.4. The number of aromatic nitrogens is 3. The quantitative estimate of drug-likeness (QED) is 0.459. The lowest BCUT2D eigenvalue weighted by molar-refractivity contribution is -0.150. The van der Waals surface area contributed by atoms with Crippen LogP contribution in [0, 0.1) is 0 Å². The first-order valence-corrected chi connectivity index (χ1v) is 10.4. The first-order valence-electron chi connectivity index (χ1n) is 9.47. The van der Waals surface area contributed by atoms with Crippen molar-refractivity contribution in [1.82, 2.24) is 19.9 Å². The van der Waals surface area contributed by atoms with E-state index in [4.69, 9.17) is 23.2 Å². The van der Waals surface area contributed by atoms with Crippen LogP contribution in [0.25, 0.3) is 5.69 Å². The summed E-state index contributed by atoms with van der Waals surface area (Å²) >= 11 is 11.8. The molecule has 0 aliphatic heterocycles. The fourth-order valence-corrected chi connectivity index (χ4v) is 3.43. The molecule has 2 N–H and O–H groups in total. The molecular formula is C21H19Cl2N5O4. The van der Waals surface area contributed by atoms with E-state index >= 15 is 0 Å². The molecule has 2 amide bonds. The highest BCUT2D eigenvalue weighted by molar-refractivity contribution is 6.31. The summed E-state index contributed by atoms with van der Waals surface area (Å²) < 4.78 is 1.43. The van der Waals surface area contributed by atoms with Crippen molar-refractivity contribution in [2.45, 2.75) is 12.5 Å². The maximum absolute atomic E-state index is 12.8. The number of hydrogen-bond donors (Lipinski definition) is 2. The number of rotatable bonds is 9. The van der Waals surface area contributed by atoms with Gasteiger partial charge in [0.2, 0.25) is 11.8 Å². The number of nitrogens with one attached hydrogen (secondary N) is 1. The second kappa shape index (κ2) is 10.7. The summed E-state index contributed by atoms with van der Waals surface area (Å²) in [5, 5.41) is 20.4. The average Bonchev–Trinajstić information content (AvgIpc) is 3.31. The van der Waals surface area contributed by atoms with Crippen LogP contribution >= 0.6 is 23.2 Å². The highest BCUT2D eigenvalue weighted by Crippen LogP contribution is 2.24. The summed E-state index contributed by atoms with van der Waals surface area (Å²) in [6.45, 7) is -0.515. The summed E-state index contributed by atoms with van der Waals surface area (Å²) in [4.78, 5) is 38.2. The average molecular weight is 476 g/mol. The fraction of sp³-hybridized carbons (Fsp3) is 0.190. The predicted molar refractivity (Wildman–Crippen MR) is 119 cm³/mol. The highest BCUT2D eigenvalue weighted by Gasteiger charge is 2.31. The van der Waals surface area contributed by atoms with Crippen LogP contribution in [0.4, 0.5) is 5.69 Å². The van der Waals surface area contributed by atoms with Gasteiger partial charge in [-0.2, -0.15) is 0 Å². The zero-order valence-corrected chi connectivity index (χ0v) is 18.2. The second-order valence-electron chi connectivity index (χ2n) is 6.76. The zero-order chi connectivity index (χ0) is 23.1. The summed E-state index contributed by atoms with van der Waals surface area (Å²) in [7, 11) is 0. The van der Waals surface area contributed by atoms with Crippen molar-refractivity contribution < 1.29 is 19.5 Å². The molecule has 0 bridgehead atoms. The minimum atomic E-state index is -1.27. The van der Waals surface area contributed by atoms with Crippen molar-refractivity contribution in [3.8, 4) is 5.69 Å². The van der Waals surface area contributed by atoms with Crippen LogP contribution in [0.5, 0.6) is 0 Å². The molecule has 0 fully saturated rings. The van der Waals surface area contributed by atoms with Gasteiger partial charge in [0, 0.05) is 11.4 Å². The van der Waals surface area contributed by atoms with E-state index in [0.717, 1.165) is 4.90 Å². The van der Waals surface area contributed by atoms with E-state index in [-0.39, 0.29) is 6.42 Å². The van der Waals surface area contributed by atoms with Gasteiger partial charge < -0.3 is 15.3 Å². The van der Waals surface area contributed by atoms with Gasteiger partial charge >= 0.3 is 5.97 Å². The van der Waals surface area contributed by atoms with Gasteiger partial charge in [-0.25, -0.2) is 9.48 Å². The molecule has 0 saturated carbocycles. The number of halogens is 2. The highest BCUT2D eigenvalue weighted by atomic mass is 35.5. The minimum absolute atomic E-state index is 0.0213. The standard InChI is InChI=1S/C21H19Cl2N5O4/c22-12-20(30)27(18(21(31)32)10-14-4-2-1-3-5-14)13-19(29)25-16-11-15(23)6-7-17(16)28-9-8-24-26-28/h1-9,11,18H,10,12-13H2,(H,25,29)(H,31,32)/t18-/m0/s1. The van der Waals surface area contributed by atoms with E-state index in [2.05, 4.69) is 15.6 Å². The topological polar surface area (TPSA) is 117 Å². The number of alkyl halides is 1. The Labute approximate surface area is 193 Å². The molecule has 1 aromatic heterocycles. The number of aliphatic carboxylic acids is 1. The molecule has 32 heavy (non-hydrogen) atoms. The zero-order valence-electron chi connectivity index (χ0n) is 16.7. The number of anilines is 1. The van der Waals surface area contributed by atoms with E-state index in [1.807, 2.05) is 0 Å². The molecule has 11 heteroatoms. The molecular weight excluding hydrogens is 457 g/mol. The van der Waals surface area contributed by atoms with Crippen molar-refractivity contribution in [3.63, 3.8) is 0 Å². The third-order valence-electron chi connectivity index (χ3n) is 4.58. The van der Waals surface area contributed by atoms with Crippen LogP contribution in [0.2, 0.25) is 5.02 Å². The molecule has 1 atom stereocenters. The first kappa shape index (κ1) is 23.2. The smallest absolute Gasteiger partial charge is 0.326 e. The van der Waals surface area contributed by atoms with Crippen molar-refractivity contribution in [2.75, 3.05) is 17.7 Å². The second-order valence-corrected chi connectivity index (χ2v) is 7.46. The third-order valence-corrected chi connectivity index (χ3v) is 5.05. The largest absolute Gasteiger partial charge is 0.480 e. The molecule has 3 aromatic rings. The number of nitrogens with zero attached hydrogens (tertiary/aromatic N) is 4. The van der Waals surface area contributed by atoms with E-state index in [9.17, 15) is 19.5 Å². The van der Waals surface area contributed by atoms with Crippen molar-refractivity contribution in [3.05, 3.63) is 71.5 Å². The lowest BCUT2D eigenvalue weighted by Crippen LogP contribution is -2.50. The molecule has 3 rings (SSSR count). The van der Waals surface area contributed by atoms with Gasteiger partial charge in [0.1, 0.15) is 18.5 Å². The molecule has 2 aromatic carbocycles. The number of amides is 2. The van der Waals surface area contributed by atoms with Crippen LogP contribution in [0.15, 0.2) is 60.9 Å². The normalized spacial score (nSPS) is 11.6. The number of carbonyl (C=O) groups excluding carboxylic acids is 2. The Kier molecular flexibility index (Phi) is 7.80. The number of carboxylic acids is 1. The Hall–Kier alpha value is -3.43. The van der Waals surface area contributed by atoms with Crippen LogP contribution in [0.3, 0.4) is 0 Å². The molecule has 0 saturated heterocycles. The molecule has 0 aliphatic carbocycles. The Bertz CT molecular complexity index is 1090. The minimum Gasteiger partial charge on any atom is -0.480 e. The van der Waals surface area contributed by atoms with E-state index < -0.39 is 36.3 Å². The number of carbonyl (C=O) groups is 3. The van der Waals surface area contributed by atoms with Gasteiger partial charge in [-0.15, -0.1) is 16.7 Å². The fourth-order valence-electron chi connectivity index (χ4n) is 3.11. The molecule has 166 valence electrons. The number of carboxylic acid groups (broad SMARTS) is 1. The summed E-state index contributed by atoms with van der Waals surface area (Å²) in [6.07, 6.45) is 3.08. The van der Waals surface area contributed by atoms with E-state index in [1.165, 1.54) is 16.9 Å². The van der Waals surface area contributed by atoms with Crippen molar-refractivity contribution >= 4 is 46.7 Å². The van der Waals surface area contributed by atoms with Crippen molar-refractivity contribution in [1.29, 1.82) is 0 Å². The van der Waals surface area contributed by atoms with Gasteiger partial charge in [0.05, 0.1) is 23.8 Å². The maximum Gasteiger partial charge on any atom is 0.326 e. The van der Waals surface area contributed by atoms with Crippen molar-refractivity contribution in [2.24, 2.45) is 0 Å². The molecule has 0 aliphatic rings.